The van der Waals surface area contributed by atoms with Crippen molar-refractivity contribution in [1.82, 2.24) is 4.90 Å². The van der Waals surface area contributed by atoms with Gasteiger partial charge in [0, 0.05) is 26.3 Å². The first-order chi connectivity index (χ1) is 9.60. The molecule has 1 heterocycles. The van der Waals surface area contributed by atoms with Crippen LogP contribution in [0, 0.1) is 0 Å². The lowest BCUT2D eigenvalue weighted by molar-refractivity contribution is 0.0550. The highest BCUT2D eigenvalue weighted by molar-refractivity contribution is 9.12. The van der Waals surface area contributed by atoms with E-state index in [2.05, 4.69) is 31.9 Å². The topological polar surface area (TPSA) is 38.8 Å². The van der Waals surface area contributed by atoms with Crippen LogP contribution in [0.2, 0.25) is 0 Å². The smallest absolute Gasteiger partial charge is 0.256 e. The molecule has 4 nitrogen and oxygen atoms in total. The summed E-state index contributed by atoms with van der Waals surface area (Å²) in [7, 11) is 0. The van der Waals surface area contributed by atoms with Gasteiger partial charge in [0.2, 0.25) is 0 Å². The van der Waals surface area contributed by atoms with Gasteiger partial charge in [0.15, 0.2) is 0 Å². The average molecular weight is 429 g/mol. The highest BCUT2D eigenvalue weighted by Gasteiger charge is 2.20. The van der Waals surface area contributed by atoms with Gasteiger partial charge in [-0.3, -0.25) is 4.79 Å². The molecule has 0 spiro atoms. The van der Waals surface area contributed by atoms with Crippen molar-refractivity contribution >= 4 is 49.1 Å². The third-order valence-electron chi connectivity index (χ3n) is 2.59. The molecule has 7 heteroatoms. The van der Waals surface area contributed by atoms with Crippen LogP contribution in [0.25, 0.3) is 0 Å². The Bertz CT molecular complexity index is 416. The summed E-state index contributed by atoms with van der Waals surface area (Å²) < 4.78 is 12.5. The van der Waals surface area contributed by atoms with Crippen molar-refractivity contribution in [3.8, 4) is 0 Å². The van der Waals surface area contributed by atoms with E-state index < -0.39 is 0 Å². The molecule has 0 aliphatic rings. The second-order valence-electron chi connectivity index (χ2n) is 3.92. The first-order valence-electron chi connectivity index (χ1n) is 6.49. The Morgan fingerprint density at radius 2 is 1.75 bits per heavy atom. The molecule has 0 saturated carbocycles. The van der Waals surface area contributed by atoms with E-state index in [0.29, 0.717) is 45.1 Å². The summed E-state index contributed by atoms with van der Waals surface area (Å²) in [4.78, 5) is 14.3. The SMILES string of the molecule is CCOCCN(CCOCC)C(=O)c1cc(Br)sc1Br. The van der Waals surface area contributed by atoms with Gasteiger partial charge >= 0.3 is 0 Å². The minimum absolute atomic E-state index is 0.00164. The van der Waals surface area contributed by atoms with Crippen LogP contribution < -0.4 is 0 Å². The number of hydrogen-bond acceptors (Lipinski definition) is 4. The summed E-state index contributed by atoms with van der Waals surface area (Å²) in [5.41, 5.74) is 0.676. The molecule has 1 amide bonds. The number of ether oxygens (including phenoxy) is 2. The lowest BCUT2D eigenvalue weighted by Gasteiger charge is -2.22. The number of carbonyl (C=O) groups excluding carboxylic acids is 1. The molecule has 0 bridgehead atoms. The van der Waals surface area contributed by atoms with Crippen molar-refractivity contribution in [1.29, 1.82) is 0 Å². The molecule has 0 N–H and O–H groups in total. The van der Waals surface area contributed by atoms with E-state index in [-0.39, 0.29) is 5.91 Å². The standard InChI is InChI=1S/C13H19Br2NO3S/c1-3-18-7-5-16(6-8-19-4-2)13(17)10-9-11(14)20-12(10)15/h9H,3-8H2,1-2H3. The number of halogens is 2. The molecule has 0 unspecified atom stereocenters. The summed E-state index contributed by atoms with van der Waals surface area (Å²) in [5, 5.41) is 0. The second kappa shape index (κ2) is 9.89. The van der Waals surface area contributed by atoms with Crippen LogP contribution in [0.3, 0.4) is 0 Å². The Labute approximate surface area is 140 Å². The van der Waals surface area contributed by atoms with Crippen LogP contribution in [-0.4, -0.2) is 50.3 Å². The van der Waals surface area contributed by atoms with Crippen molar-refractivity contribution in [2.75, 3.05) is 39.5 Å². The molecule has 0 fully saturated rings. The summed E-state index contributed by atoms with van der Waals surface area (Å²) >= 11 is 8.32. The summed E-state index contributed by atoms with van der Waals surface area (Å²) in [6, 6.07) is 1.84. The maximum absolute atomic E-state index is 12.5. The largest absolute Gasteiger partial charge is 0.380 e. The first-order valence-corrected chi connectivity index (χ1v) is 8.90. The number of carbonyl (C=O) groups is 1. The lowest BCUT2D eigenvalue weighted by Crippen LogP contribution is -2.36. The number of thiophene rings is 1. The minimum Gasteiger partial charge on any atom is -0.380 e. The Morgan fingerprint density at radius 3 is 2.15 bits per heavy atom. The fourth-order valence-electron chi connectivity index (χ4n) is 1.61. The van der Waals surface area contributed by atoms with E-state index >= 15 is 0 Å². The molecular weight excluding hydrogens is 410 g/mol. The Kier molecular flexibility index (Phi) is 8.95. The fraction of sp³-hybridized carbons (Fsp3) is 0.615. The summed E-state index contributed by atoms with van der Waals surface area (Å²) in [5.74, 6) is -0.00164. The third kappa shape index (κ3) is 5.81. The van der Waals surface area contributed by atoms with Gasteiger partial charge in [0.1, 0.15) is 0 Å². The molecule has 114 valence electrons. The molecule has 0 saturated heterocycles. The minimum atomic E-state index is -0.00164. The molecule has 1 aromatic rings. The van der Waals surface area contributed by atoms with Crippen molar-refractivity contribution < 1.29 is 14.3 Å². The van der Waals surface area contributed by atoms with Gasteiger partial charge in [0.05, 0.1) is 26.4 Å². The molecule has 0 radical (unpaired) electrons. The molecular formula is C13H19Br2NO3S. The highest BCUT2D eigenvalue weighted by atomic mass is 79.9. The van der Waals surface area contributed by atoms with Crippen molar-refractivity contribution in [2.45, 2.75) is 13.8 Å². The Balaban J connectivity index is 2.69. The number of amides is 1. The first kappa shape index (κ1) is 18.1. The van der Waals surface area contributed by atoms with Gasteiger partial charge in [0.25, 0.3) is 5.91 Å². The zero-order valence-electron chi connectivity index (χ0n) is 11.7. The van der Waals surface area contributed by atoms with E-state index in [1.54, 1.807) is 4.90 Å². The van der Waals surface area contributed by atoms with Crippen molar-refractivity contribution in [2.24, 2.45) is 0 Å². The van der Waals surface area contributed by atoms with Gasteiger partial charge in [-0.15, -0.1) is 11.3 Å². The van der Waals surface area contributed by atoms with Crippen LogP contribution in [0.15, 0.2) is 13.6 Å². The summed E-state index contributed by atoms with van der Waals surface area (Å²) in [6.45, 7) is 7.41. The van der Waals surface area contributed by atoms with E-state index in [4.69, 9.17) is 9.47 Å². The third-order valence-corrected chi connectivity index (χ3v) is 4.93. The monoisotopic (exact) mass is 427 g/mol. The van der Waals surface area contributed by atoms with Gasteiger partial charge in [-0.05, 0) is 51.8 Å². The molecule has 0 atom stereocenters. The average Bonchev–Trinajstić information content (AvgIpc) is 2.75. The zero-order valence-corrected chi connectivity index (χ0v) is 15.6. The van der Waals surface area contributed by atoms with Crippen LogP contribution in [0.1, 0.15) is 24.2 Å². The van der Waals surface area contributed by atoms with Gasteiger partial charge < -0.3 is 14.4 Å². The van der Waals surface area contributed by atoms with Crippen LogP contribution >= 0.6 is 43.2 Å². The van der Waals surface area contributed by atoms with Gasteiger partial charge in [-0.2, -0.15) is 0 Å². The predicted molar refractivity (Wildman–Crippen MR) is 88.6 cm³/mol. The number of hydrogen-bond donors (Lipinski definition) is 0. The zero-order chi connectivity index (χ0) is 15.0. The number of nitrogens with zero attached hydrogens (tertiary/aromatic N) is 1. The molecule has 0 aliphatic carbocycles. The second-order valence-corrected chi connectivity index (χ2v) is 7.67. The van der Waals surface area contributed by atoms with Crippen molar-refractivity contribution in [3.63, 3.8) is 0 Å². The van der Waals surface area contributed by atoms with Crippen LogP contribution in [-0.2, 0) is 9.47 Å². The Hall–Kier alpha value is 0.0500. The van der Waals surface area contributed by atoms with Gasteiger partial charge in [-0.25, -0.2) is 0 Å². The normalized spacial score (nSPS) is 10.8. The van der Waals surface area contributed by atoms with E-state index in [1.165, 1.54) is 11.3 Å². The van der Waals surface area contributed by atoms with Crippen LogP contribution in [0.4, 0.5) is 0 Å². The summed E-state index contributed by atoms with van der Waals surface area (Å²) in [6.07, 6.45) is 0. The van der Waals surface area contributed by atoms with Gasteiger partial charge in [-0.1, -0.05) is 0 Å². The molecule has 0 aliphatic heterocycles. The van der Waals surface area contributed by atoms with Crippen LogP contribution in [0.5, 0.6) is 0 Å². The van der Waals surface area contributed by atoms with E-state index in [9.17, 15) is 4.79 Å². The maximum Gasteiger partial charge on any atom is 0.256 e. The quantitative estimate of drug-likeness (QED) is 0.561. The molecule has 20 heavy (non-hydrogen) atoms. The molecule has 0 aromatic carbocycles. The Morgan fingerprint density at radius 1 is 1.20 bits per heavy atom. The maximum atomic E-state index is 12.5. The highest BCUT2D eigenvalue weighted by Crippen LogP contribution is 2.32. The fourth-order valence-corrected chi connectivity index (χ4v) is 4.39. The molecule has 1 rings (SSSR count). The lowest BCUT2D eigenvalue weighted by atomic mass is 10.3. The van der Waals surface area contributed by atoms with Crippen molar-refractivity contribution in [3.05, 3.63) is 19.2 Å². The number of rotatable bonds is 9. The predicted octanol–water partition coefficient (Wildman–Crippen LogP) is 3.79. The van der Waals surface area contributed by atoms with E-state index in [0.717, 1.165) is 7.57 Å². The van der Waals surface area contributed by atoms with E-state index in [1.807, 2.05) is 19.9 Å². The molecule has 1 aromatic heterocycles.